The van der Waals surface area contributed by atoms with Gasteiger partial charge in [-0.15, -0.1) is 24.8 Å². The molecule has 11 heteroatoms. The Kier molecular flexibility index (Phi) is 9.41. The molecule has 0 saturated carbocycles. The van der Waals surface area contributed by atoms with Gasteiger partial charge in [-0.25, -0.2) is 26.3 Å². The normalized spacial score (nSPS) is 15.6. The molecule has 1 fully saturated rings. The molecule has 0 bridgehead atoms. The van der Waals surface area contributed by atoms with Gasteiger partial charge in [-0.1, -0.05) is 0 Å². The minimum Gasteiger partial charge on any atom is -0.314 e. The molecule has 0 amide bonds. The number of piperazine rings is 1. The fraction of sp³-hybridized carbons (Fsp3) is 0.500. The molecule has 1 saturated heterocycles. The van der Waals surface area contributed by atoms with Crippen molar-refractivity contribution in [3.8, 4) is 0 Å². The molecule has 0 unspecified atom stereocenters. The number of rotatable bonds is 5. The van der Waals surface area contributed by atoms with E-state index in [2.05, 4.69) is 10.0 Å². The van der Waals surface area contributed by atoms with E-state index in [1.54, 1.807) is 0 Å². The first-order valence-corrected chi connectivity index (χ1v) is 7.96. The second kappa shape index (κ2) is 9.65. The van der Waals surface area contributed by atoms with E-state index in [0.29, 0.717) is 18.7 Å². The van der Waals surface area contributed by atoms with Crippen molar-refractivity contribution in [2.45, 2.75) is 4.90 Å². The summed E-state index contributed by atoms with van der Waals surface area (Å²) in [4.78, 5) is 1.15. The minimum absolute atomic E-state index is 0. The Bertz CT molecular complexity index is 614. The highest BCUT2D eigenvalue weighted by Crippen LogP contribution is 2.19. The second-order valence-electron chi connectivity index (χ2n) is 4.66. The second-order valence-corrected chi connectivity index (χ2v) is 6.40. The van der Waals surface area contributed by atoms with Gasteiger partial charge >= 0.3 is 0 Å². The van der Waals surface area contributed by atoms with E-state index < -0.39 is 32.4 Å². The Morgan fingerprint density at radius 2 is 1.70 bits per heavy atom. The van der Waals surface area contributed by atoms with Crippen LogP contribution < -0.4 is 10.0 Å². The van der Waals surface area contributed by atoms with Crippen molar-refractivity contribution >= 4 is 34.8 Å². The number of nitrogens with one attached hydrogen (secondary N) is 2. The lowest BCUT2D eigenvalue weighted by molar-refractivity contribution is 0.245. The summed E-state index contributed by atoms with van der Waals surface area (Å²) in [6.45, 7) is 3.77. The number of hydrogen-bond donors (Lipinski definition) is 2. The van der Waals surface area contributed by atoms with Crippen LogP contribution in [0.25, 0.3) is 0 Å². The maximum Gasteiger partial charge on any atom is 0.243 e. The largest absolute Gasteiger partial charge is 0.314 e. The van der Waals surface area contributed by atoms with E-state index in [4.69, 9.17) is 0 Å². The van der Waals surface area contributed by atoms with Crippen LogP contribution in [0.2, 0.25) is 0 Å². The molecule has 134 valence electrons. The van der Waals surface area contributed by atoms with Crippen LogP contribution in [-0.2, 0) is 10.0 Å². The van der Waals surface area contributed by atoms with Gasteiger partial charge in [-0.3, -0.25) is 4.90 Å². The zero-order valence-corrected chi connectivity index (χ0v) is 14.5. The molecule has 0 radical (unpaired) electrons. The molecule has 1 aliphatic heterocycles. The van der Waals surface area contributed by atoms with Crippen LogP contribution in [0, 0.1) is 17.5 Å². The summed E-state index contributed by atoms with van der Waals surface area (Å²) in [7, 11) is -4.20. The van der Waals surface area contributed by atoms with Crippen molar-refractivity contribution in [3.63, 3.8) is 0 Å². The zero-order chi connectivity index (χ0) is 15.5. The number of hydrogen-bond acceptors (Lipinski definition) is 4. The summed E-state index contributed by atoms with van der Waals surface area (Å²) >= 11 is 0. The van der Waals surface area contributed by atoms with Crippen molar-refractivity contribution < 1.29 is 21.6 Å². The van der Waals surface area contributed by atoms with Crippen LogP contribution in [-0.4, -0.2) is 52.6 Å². The average molecular weight is 396 g/mol. The van der Waals surface area contributed by atoms with Gasteiger partial charge in [0.05, 0.1) is 0 Å². The standard InChI is InChI=1S/C12H16F3N3O2S.2ClH/c13-9-1-2-10(12(15)11(9)14)21(19,20)17-5-8-18-6-3-16-4-7-18;;/h1-2,16-17H,3-8H2;2*1H. The third kappa shape index (κ3) is 5.77. The zero-order valence-electron chi connectivity index (χ0n) is 12.0. The molecule has 0 aromatic heterocycles. The minimum atomic E-state index is -4.20. The van der Waals surface area contributed by atoms with Gasteiger partial charge in [0.15, 0.2) is 17.5 Å². The van der Waals surface area contributed by atoms with E-state index in [1.807, 2.05) is 4.90 Å². The van der Waals surface area contributed by atoms with Gasteiger partial charge in [0.2, 0.25) is 10.0 Å². The van der Waals surface area contributed by atoms with Gasteiger partial charge in [-0.05, 0) is 12.1 Å². The SMILES string of the molecule is Cl.Cl.O=S(=O)(NCCN1CCNCC1)c1ccc(F)c(F)c1F. The summed E-state index contributed by atoms with van der Waals surface area (Å²) in [6.07, 6.45) is 0. The highest BCUT2D eigenvalue weighted by molar-refractivity contribution is 7.89. The number of benzene rings is 1. The van der Waals surface area contributed by atoms with E-state index in [1.165, 1.54) is 0 Å². The molecule has 0 atom stereocenters. The molecule has 2 rings (SSSR count). The quantitative estimate of drug-likeness (QED) is 0.733. The van der Waals surface area contributed by atoms with E-state index in [9.17, 15) is 21.6 Å². The van der Waals surface area contributed by atoms with Crippen LogP contribution in [0.15, 0.2) is 17.0 Å². The lowest BCUT2D eigenvalue weighted by Gasteiger charge is -2.27. The molecule has 1 aliphatic rings. The first kappa shape index (κ1) is 22.4. The maximum atomic E-state index is 13.5. The molecule has 1 aromatic rings. The Morgan fingerprint density at radius 3 is 2.30 bits per heavy atom. The highest BCUT2D eigenvalue weighted by Gasteiger charge is 2.23. The summed E-state index contributed by atoms with van der Waals surface area (Å²) in [5.74, 6) is -4.92. The Hall–Kier alpha value is -0.580. The molecular formula is C12H18Cl2F3N3O2S. The van der Waals surface area contributed by atoms with Gasteiger partial charge < -0.3 is 5.32 Å². The van der Waals surface area contributed by atoms with E-state index in [0.717, 1.165) is 26.2 Å². The molecule has 0 spiro atoms. The molecule has 2 N–H and O–H groups in total. The number of nitrogens with zero attached hydrogens (tertiary/aromatic N) is 1. The predicted molar refractivity (Wildman–Crippen MR) is 85.3 cm³/mol. The third-order valence-electron chi connectivity index (χ3n) is 3.22. The van der Waals surface area contributed by atoms with Crippen molar-refractivity contribution in [3.05, 3.63) is 29.6 Å². The molecule has 1 aromatic carbocycles. The van der Waals surface area contributed by atoms with Gasteiger partial charge in [0, 0.05) is 39.3 Å². The monoisotopic (exact) mass is 395 g/mol. The molecule has 23 heavy (non-hydrogen) atoms. The van der Waals surface area contributed by atoms with E-state index >= 15 is 0 Å². The summed E-state index contributed by atoms with van der Waals surface area (Å²) in [5.41, 5.74) is 0. The highest BCUT2D eigenvalue weighted by atomic mass is 35.5. The topological polar surface area (TPSA) is 61.4 Å². The summed E-state index contributed by atoms with van der Waals surface area (Å²) < 4.78 is 65.3. The summed E-state index contributed by atoms with van der Waals surface area (Å²) in [5, 5.41) is 3.16. The van der Waals surface area contributed by atoms with Crippen molar-refractivity contribution in [1.82, 2.24) is 14.9 Å². The van der Waals surface area contributed by atoms with Crippen molar-refractivity contribution in [1.29, 1.82) is 0 Å². The van der Waals surface area contributed by atoms with Crippen LogP contribution in [0.4, 0.5) is 13.2 Å². The fourth-order valence-corrected chi connectivity index (χ4v) is 3.15. The molecular weight excluding hydrogens is 378 g/mol. The lowest BCUT2D eigenvalue weighted by Crippen LogP contribution is -2.46. The third-order valence-corrected chi connectivity index (χ3v) is 4.70. The van der Waals surface area contributed by atoms with Crippen LogP contribution in [0.3, 0.4) is 0 Å². The first-order chi connectivity index (χ1) is 9.92. The first-order valence-electron chi connectivity index (χ1n) is 6.48. The Labute approximate surface area is 145 Å². The summed E-state index contributed by atoms with van der Waals surface area (Å²) in [6, 6.07) is 1.30. The number of halogens is 5. The average Bonchev–Trinajstić information content (AvgIpc) is 2.45. The molecule has 5 nitrogen and oxygen atoms in total. The fourth-order valence-electron chi connectivity index (χ4n) is 2.07. The Balaban J connectivity index is 0.00000242. The van der Waals surface area contributed by atoms with Crippen LogP contribution in [0.1, 0.15) is 0 Å². The molecule has 0 aliphatic carbocycles. The maximum absolute atomic E-state index is 13.5. The molecule has 1 heterocycles. The van der Waals surface area contributed by atoms with Gasteiger partial charge in [-0.2, -0.15) is 0 Å². The smallest absolute Gasteiger partial charge is 0.243 e. The van der Waals surface area contributed by atoms with Crippen molar-refractivity contribution in [2.75, 3.05) is 39.3 Å². The van der Waals surface area contributed by atoms with Crippen LogP contribution >= 0.6 is 24.8 Å². The van der Waals surface area contributed by atoms with Gasteiger partial charge in [0.25, 0.3) is 0 Å². The van der Waals surface area contributed by atoms with Gasteiger partial charge in [0.1, 0.15) is 4.90 Å². The van der Waals surface area contributed by atoms with Crippen molar-refractivity contribution in [2.24, 2.45) is 0 Å². The Morgan fingerprint density at radius 1 is 1.09 bits per heavy atom. The van der Waals surface area contributed by atoms with Crippen LogP contribution in [0.5, 0.6) is 0 Å². The lowest BCUT2D eigenvalue weighted by atomic mass is 10.3. The number of sulfonamides is 1. The van der Waals surface area contributed by atoms with E-state index in [-0.39, 0.29) is 31.4 Å². The predicted octanol–water partition coefficient (Wildman–Crippen LogP) is 1.13.